The highest BCUT2D eigenvalue weighted by Crippen LogP contribution is 2.21. The summed E-state index contributed by atoms with van der Waals surface area (Å²) >= 11 is 3.07. The van der Waals surface area contributed by atoms with Crippen LogP contribution in [-0.4, -0.2) is 16.2 Å². The minimum atomic E-state index is -0.553. The molecule has 0 aromatic carbocycles. The summed E-state index contributed by atoms with van der Waals surface area (Å²) in [4.78, 5) is 23.8. The van der Waals surface area contributed by atoms with Crippen molar-refractivity contribution in [2.24, 2.45) is 0 Å². The largest absolute Gasteiger partial charge is 0.299 e. The third-order valence-corrected chi connectivity index (χ3v) is 1.83. The van der Waals surface area contributed by atoms with Crippen molar-refractivity contribution in [3.63, 3.8) is 0 Å². The lowest BCUT2D eigenvalue weighted by molar-refractivity contribution is -0.385. The number of nitro groups is 1. The van der Waals surface area contributed by atoms with Gasteiger partial charge in [0.2, 0.25) is 0 Å². The van der Waals surface area contributed by atoms with Gasteiger partial charge < -0.3 is 0 Å². The molecule has 0 fully saturated rings. The first kappa shape index (κ1) is 10.5. The summed E-state index contributed by atoms with van der Waals surface area (Å²) in [5.74, 6) is 0. The summed E-state index contributed by atoms with van der Waals surface area (Å²) in [7, 11) is 0. The molecular weight excluding hydrogens is 252 g/mol. The molecule has 1 aromatic rings. The lowest BCUT2D eigenvalue weighted by atomic mass is 10.3. The number of hydrogen-bond acceptors (Lipinski definition) is 4. The van der Waals surface area contributed by atoms with Crippen LogP contribution >= 0.6 is 15.9 Å². The topological polar surface area (TPSA) is 73.1 Å². The Balaban J connectivity index is 3.21. The summed E-state index contributed by atoms with van der Waals surface area (Å²) < 4.78 is 0.521. The second-order valence-corrected chi connectivity index (χ2v) is 3.23. The molecular formula is C8H5BrN2O3. The van der Waals surface area contributed by atoms with Gasteiger partial charge in [0.25, 0.3) is 5.69 Å². The molecule has 5 nitrogen and oxygen atoms in total. The molecule has 0 spiro atoms. The van der Waals surface area contributed by atoms with Crippen molar-refractivity contribution < 1.29 is 9.72 Å². The Bertz CT molecular complexity index is 404. The Morgan fingerprint density at radius 2 is 2.29 bits per heavy atom. The van der Waals surface area contributed by atoms with Crippen molar-refractivity contribution >= 4 is 34.0 Å². The van der Waals surface area contributed by atoms with Crippen LogP contribution in [0.3, 0.4) is 0 Å². The summed E-state index contributed by atoms with van der Waals surface area (Å²) in [6, 6.07) is 1.33. The van der Waals surface area contributed by atoms with E-state index in [0.717, 1.165) is 6.08 Å². The van der Waals surface area contributed by atoms with Crippen molar-refractivity contribution in [3.8, 4) is 0 Å². The van der Waals surface area contributed by atoms with E-state index in [-0.39, 0.29) is 11.4 Å². The van der Waals surface area contributed by atoms with Crippen molar-refractivity contribution in [1.29, 1.82) is 0 Å². The summed E-state index contributed by atoms with van der Waals surface area (Å²) in [6.45, 7) is 0. The van der Waals surface area contributed by atoms with Crippen LogP contribution in [0.15, 0.2) is 22.8 Å². The molecule has 72 valence electrons. The molecule has 1 rings (SSSR count). The second-order valence-electron chi connectivity index (χ2n) is 2.31. The number of aldehydes is 1. The molecule has 0 unspecified atom stereocenters. The maximum Gasteiger partial charge on any atom is 0.295 e. The normalized spacial score (nSPS) is 10.4. The van der Waals surface area contributed by atoms with E-state index < -0.39 is 4.92 Å². The van der Waals surface area contributed by atoms with E-state index in [1.807, 2.05) is 0 Å². The first-order valence-corrected chi connectivity index (χ1v) is 4.36. The summed E-state index contributed by atoms with van der Waals surface area (Å²) in [5.41, 5.74) is 0.0165. The third kappa shape index (κ3) is 2.46. The van der Waals surface area contributed by atoms with Crippen molar-refractivity contribution in [1.82, 2.24) is 4.98 Å². The maximum atomic E-state index is 10.6. The number of carbonyl (C=O) groups excluding carboxylic acids is 1. The lowest BCUT2D eigenvalue weighted by Crippen LogP contribution is -1.94. The smallest absolute Gasteiger partial charge is 0.295 e. The molecule has 0 bridgehead atoms. The van der Waals surface area contributed by atoms with Gasteiger partial charge in [0.1, 0.15) is 12.0 Å². The average molecular weight is 257 g/mol. The number of aromatic nitrogens is 1. The molecule has 0 N–H and O–H groups in total. The number of carbonyl (C=O) groups is 1. The highest BCUT2D eigenvalue weighted by Gasteiger charge is 2.12. The average Bonchev–Trinajstić information content (AvgIpc) is 2.15. The molecule has 0 aliphatic heterocycles. The first-order chi connectivity index (χ1) is 6.65. The Morgan fingerprint density at radius 1 is 1.57 bits per heavy atom. The van der Waals surface area contributed by atoms with Crippen LogP contribution in [0.4, 0.5) is 5.69 Å². The molecule has 0 atom stereocenters. The van der Waals surface area contributed by atoms with E-state index in [9.17, 15) is 14.9 Å². The molecule has 0 aliphatic rings. The highest BCUT2D eigenvalue weighted by molar-refractivity contribution is 9.10. The van der Waals surface area contributed by atoms with E-state index in [2.05, 4.69) is 20.9 Å². The van der Waals surface area contributed by atoms with E-state index in [0.29, 0.717) is 10.8 Å². The van der Waals surface area contributed by atoms with Gasteiger partial charge in [-0.05, 0) is 28.1 Å². The van der Waals surface area contributed by atoms with Crippen molar-refractivity contribution in [2.45, 2.75) is 0 Å². The number of allylic oxidation sites excluding steroid dienone is 1. The fraction of sp³-hybridized carbons (Fsp3) is 0. The second kappa shape index (κ2) is 4.61. The molecule has 6 heteroatoms. The zero-order valence-electron chi connectivity index (χ0n) is 6.88. The monoisotopic (exact) mass is 256 g/mol. The van der Waals surface area contributed by atoms with Gasteiger partial charge in [0.15, 0.2) is 0 Å². The van der Waals surface area contributed by atoms with E-state index >= 15 is 0 Å². The van der Waals surface area contributed by atoms with Gasteiger partial charge in [-0.25, -0.2) is 4.98 Å². The zero-order valence-corrected chi connectivity index (χ0v) is 8.47. The molecule has 0 saturated heterocycles. The number of nitrogens with zero attached hydrogens (tertiary/aromatic N) is 2. The number of hydrogen-bond donors (Lipinski definition) is 0. The predicted molar refractivity (Wildman–Crippen MR) is 53.7 cm³/mol. The fourth-order valence-electron chi connectivity index (χ4n) is 0.844. The SMILES string of the molecule is O=C/C=C/c1ncc(Br)cc1[N+](=O)[O-]. The molecule has 1 heterocycles. The third-order valence-electron chi connectivity index (χ3n) is 1.39. The molecule has 0 radical (unpaired) electrons. The Morgan fingerprint density at radius 3 is 2.86 bits per heavy atom. The van der Waals surface area contributed by atoms with Crippen LogP contribution in [0.5, 0.6) is 0 Å². The standard InChI is InChI=1S/C8H5BrN2O3/c9-6-4-8(11(13)14)7(10-5-6)2-1-3-12/h1-5H/b2-1+. The van der Waals surface area contributed by atoms with Gasteiger partial charge in [-0.3, -0.25) is 14.9 Å². The van der Waals surface area contributed by atoms with Gasteiger partial charge in [-0.15, -0.1) is 0 Å². The Labute approximate surface area is 87.7 Å². The van der Waals surface area contributed by atoms with Crippen LogP contribution < -0.4 is 0 Å². The van der Waals surface area contributed by atoms with Gasteiger partial charge in [0, 0.05) is 16.7 Å². The molecule has 0 saturated carbocycles. The molecule has 1 aromatic heterocycles. The van der Waals surface area contributed by atoms with Gasteiger partial charge in [0.05, 0.1) is 4.92 Å². The number of halogens is 1. The summed E-state index contributed by atoms with van der Waals surface area (Å²) in [6.07, 6.45) is 4.41. The quantitative estimate of drug-likeness (QED) is 0.359. The highest BCUT2D eigenvalue weighted by atomic mass is 79.9. The molecule has 0 amide bonds. The van der Waals surface area contributed by atoms with Gasteiger partial charge >= 0.3 is 0 Å². The van der Waals surface area contributed by atoms with Gasteiger partial charge in [-0.2, -0.15) is 0 Å². The number of pyridine rings is 1. The maximum absolute atomic E-state index is 10.6. The zero-order chi connectivity index (χ0) is 10.6. The van der Waals surface area contributed by atoms with E-state index in [1.54, 1.807) is 0 Å². The fourth-order valence-corrected chi connectivity index (χ4v) is 1.16. The predicted octanol–water partition coefficient (Wildman–Crippen LogP) is 1.96. The van der Waals surface area contributed by atoms with Crippen LogP contribution in [-0.2, 0) is 4.79 Å². The van der Waals surface area contributed by atoms with Crippen LogP contribution in [0.1, 0.15) is 5.69 Å². The Kier molecular flexibility index (Phi) is 3.47. The van der Waals surface area contributed by atoms with Crippen LogP contribution in [0.25, 0.3) is 6.08 Å². The van der Waals surface area contributed by atoms with E-state index in [1.165, 1.54) is 18.3 Å². The molecule has 0 aliphatic carbocycles. The van der Waals surface area contributed by atoms with Crippen molar-refractivity contribution in [2.75, 3.05) is 0 Å². The van der Waals surface area contributed by atoms with Crippen LogP contribution in [0, 0.1) is 10.1 Å². The number of rotatable bonds is 3. The Hall–Kier alpha value is -1.56. The summed E-state index contributed by atoms with van der Waals surface area (Å²) in [5, 5.41) is 10.6. The minimum absolute atomic E-state index is 0.141. The first-order valence-electron chi connectivity index (χ1n) is 3.57. The lowest BCUT2D eigenvalue weighted by Gasteiger charge is -1.96. The van der Waals surface area contributed by atoms with Crippen LogP contribution in [0.2, 0.25) is 0 Å². The molecule has 14 heavy (non-hydrogen) atoms. The van der Waals surface area contributed by atoms with Gasteiger partial charge in [-0.1, -0.05) is 0 Å². The van der Waals surface area contributed by atoms with Crippen molar-refractivity contribution in [3.05, 3.63) is 38.6 Å². The van der Waals surface area contributed by atoms with E-state index in [4.69, 9.17) is 0 Å². The minimum Gasteiger partial charge on any atom is -0.299 e.